The average molecular weight is 393 g/mol. The van der Waals surface area contributed by atoms with Crippen LogP contribution in [0.2, 0.25) is 0 Å². The number of thiophene rings is 1. The Morgan fingerprint density at radius 3 is 2.69 bits per heavy atom. The molecule has 0 radical (unpaired) electrons. The van der Waals surface area contributed by atoms with Gasteiger partial charge in [0.25, 0.3) is 10.0 Å². The second-order valence-electron chi connectivity index (χ2n) is 5.62. The third-order valence-corrected chi connectivity index (χ3v) is 5.79. The van der Waals surface area contributed by atoms with E-state index in [2.05, 4.69) is 14.9 Å². The summed E-state index contributed by atoms with van der Waals surface area (Å²) in [6.45, 7) is 3.80. The number of hydrogen-bond donors (Lipinski definition) is 1. The van der Waals surface area contributed by atoms with Crippen LogP contribution in [0.25, 0.3) is 0 Å². The Morgan fingerprint density at radius 2 is 2.04 bits per heavy atom. The van der Waals surface area contributed by atoms with E-state index in [4.69, 9.17) is 0 Å². The highest BCUT2D eigenvalue weighted by Crippen LogP contribution is 2.32. The van der Waals surface area contributed by atoms with E-state index in [-0.39, 0.29) is 21.9 Å². The summed E-state index contributed by atoms with van der Waals surface area (Å²) in [5, 5.41) is 14.7. The number of hydrazone groups is 1. The molecule has 136 valence electrons. The summed E-state index contributed by atoms with van der Waals surface area (Å²) < 4.78 is 28.6. The van der Waals surface area contributed by atoms with Crippen LogP contribution in [0.1, 0.15) is 18.7 Å². The van der Waals surface area contributed by atoms with E-state index >= 15 is 0 Å². The van der Waals surface area contributed by atoms with Gasteiger partial charge in [-0.25, -0.2) is 5.43 Å². The fourth-order valence-corrected chi connectivity index (χ4v) is 4.29. The molecule has 0 aliphatic carbocycles. The smallest absolute Gasteiger partial charge is 0.306 e. The number of nitrogens with zero attached hydrogens (tertiary/aromatic N) is 4. The van der Waals surface area contributed by atoms with Gasteiger partial charge in [0.05, 0.1) is 21.7 Å². The standard InChI is InChI=1S/C15H15N5O4S2/c1-10(2)19-12-5-3-4-6-13(12)26(23,24)18-15(19)17-16-9-11-7-8-14(25-11)20(21)22/h3-10H,1-2H3,(H,17,18)/b16-9-. The van der Waals surface area contributed by atoms with Crippen molar-refractivity contribution >= 4 is 44.2 Å². The molecule has 1 aliphatic heterocycles. The highest BCUT2D eigenvalue weighted by molar-refractivity contribution is 7.90. The molecule has 9 nitrogen and oxygen atoms in total. The van der Waals surface area contributed by atoms with E-state index in [1.165, 1.54) is 18.3 Å². The van der Waals surface area contributed by atoms with Crippen LogP contribution in [0.15, 0.2) is 50.8 Å². The van der Waals surface area contributed by atoms with Gasteiger partial charge in [-0.05, 0) is 32.0 Å². The molecule has 0 fully saturated rings. The number of nitro groups is 1. The molecule has 0 spiro atoms. The van der Waals surface area contributed by atoms with E-state index in [1.807, 2.05) is 13.8 Å². The zero-order chi connectivity index (χ0) is 18.9. The molecule has 1 aromatic heterocycles. The van der Waals surface area contributed by atoms with Crippen molar-refractivity contribution in [3.63, 3.8) is 0 Å². The van der Waals surface area contributed by atoms with Crippen LogP contribution in [-0.2, 0) is 10.0 Å². The van der Waals surface area contributed by atoms with Gasteiger partial charge in [0.2, 0.25) is 5.96 Å². The van der Waals surface area contributed by atoms with Crippen LogP contribution >= 0.6 is 11.3 Å². The minimum atomic E-state index is -3.84. The minimum Gasteiger partial charge on any atom is -0.306 e. The normalized spacial score (nSPS) is 15.8. The zero-order valence-electron chi connectivity index (χ0n) is 13.9. The number of hydrogen-bond acceptors (Lipinski definition) is 8. The maximum Gasteiger partial charge on any atom is 0.324 e. The Labute approximate surface area is 153 Å². The molecular formula is C15H15N5O4S2. The van der Waals surface area contributed by atoms with Crippen molar-refractivity contribution in [1.29, 1.82) is 0 Å². The van der Waals surface area contributed by atoms with Gasteiger partial charge in [-0.15, -0.1) is 4.40 Å². The van der Waals surface area contributed by atoms with Gasteiger partial charge in [0, 0.05) is 12.1 Å². The predicted octanol–water partition coefficient (Wildman–Crippen LogP) is 2.55. The molecule has 1 aromatic carbocycles. The lowest BCUT2D eigenvalue weighted by molar-refractivity contribution is -0.380. The number of nitrogens with one attached hydrogen (secondary N) is 1. The number of sulfonamides is 1. The summed E-state index contributed by atoms with van der Waals surface area (Å²) in [6.07, 6.45) is 1.38. The van der Waals surface area contributed by atoms with E-state index < -0.39 is 14.9 Å². The van der Waals surface area contributed by atoms with Gasteiger partial charge in [-0.3, -0.25) is 10.1 Å². The van der Waals surface area contributed by atoms with E-state index in [0.717, 1.165) is 11.3 Å². The summed E-state index contributed by atoms with van der Waals surface area (Å²) in [4.78, 5) is 12.6. The van der Waals surface area contributed by atoms with Crippen molar-refractivity contribution in [2.24, 2.45) is 9.50 Å². The van der Waals surface area contributed by atoms with Crippen LogP contribution in [0, 0.1) is 10.1 Å². The van der Waals surface area contributed by atoms with Gasteiger partial charge in [-0.1, -0.05) is 23.5 Å². The van der Waals surface area contributed by atoms with E-state index in [0.29, 0.717) is 10.6 Å². The lowest BCUT2D eigenvalue weighted by atomic mass is 10.2. The number of rotatable bonds is 4. The highest BCUT2D eigenvalue weighted by Gasteiger charge is 2.32. The van der Waals surface area contributed by atoms with Gasteiger partial charge < -0.3 is 4.90 Å². The number of anilines is 1. The van der Waals surface area contributed by atoms with Crippen LogP contribution in [0.5, 0.6) is 0 Å². The Morgan fingerprint density at radius 1 is 1.31 bits per heavy atom. The molecule has 3 rings (SSSR count). The molecule has 2 heterocycles. The van der Waals surface area contributed by atoms with Crippen molar-refractivity contribution in [3.8, 4) is 0 Å². The number of fused-ring (bicyclic) bond motifs is 1. The maximum absolute atomic E-state index is 12.4. The largest absolute Gasteiger partial charge is 0.324 e. The first-order valence-electron chi connectivity index (χ1n) is 7.56. The molecule has 0 unspecified atom stereocenters. The SMILES string of the molecule is CC(C)N1C(N/N=C\c2ccc([N+](=O)[O-])s2)=NS(=O)(=O)c2ccccc21. The Hall–Kier alpha value is -2.79. The number of para-hydroxylation sites is 1. The first-order chi connectivity index (χ1) is 12.3. The third kappa shape index (κ3) is 3.44. The van der Waals surface area contributed by atoms with E-state index in [1.54, 1.807) is 29.2 Å². The van der Waals surface area contributed by atoms with Crippen molar-refractivity contribution in [2.45, 2.75) is 24.8 Å². The summed E-state index contributed by atoms with van der Waals surface area (Å²) in [7, 11) is -3.84. The molecular weight excluding hydrogens is 378 g/mol. The first-order valence-corrected chi connectivity index (χ1v) is 9.82. The zero-order valence-corrected chi connectivity index (χ0v) is 15.5. The average Bonchev–Trinajstić information content (AvgIpc) is 3.03. The summed E-state index contributed by atoms with van der Waals surface area (Å²) in [5.41, 5.74) is 3.16. The molecule has 0 saturated heterocycles. The van der Waals surface area contributed by atoms with Crippen LogP contribution in [0.4, 0.5) is 10.7 Å². The third-order valence-electron chi connectivity index (χ3n) is 3.50. The number of benzene rings is 1. The van der Waals surface area contributed by atoms with Crippen molar-refractivity contribution in [1.82, 2.24) is 5.43 Å². The second-order valence-corrected chi connectivity index (χ2v) is 8.29. The van der Waals surface area contributed by atoms with Crippen LogP contribution in [0.3, 0.4) is 0 Å². The summed E-state index contributed by atoms with van der Waals surface area (Å²) in [5.74, 6) is 0.0704. The van der Waals surface area contributed by atoms with Crippen molar-refractivity contribution in [3.05, 3.63) is 51.4 Å². The van der Waals surface area contributed by atoms with Crippen LogP contribution in [-0.4, -0.2) is 31.6 Å². The molecule has 0 atom stereocenters. The fourth-order valence-electron chi connectivity index (χ4n) is 2.46. The summed E-state index contributed by atoms with van der Waals surface area (Å²) in [6, 6.07) is 9.47. The monoisotopic (exact) mass is 393 g/mol. The number of guanidine groups is 1. The molecule has 26 heavy (non-hydrogen) atoms. The van der Waals surface area contributed by atoms with Gasteiger partial charge in [-0.2, -0.15) is 13.5 Å². The Balaban J connectivity index is 1.89. The quantitative estimate of drug-likeness (QED) is 0.485. The molecule has 1 N–H and O–H groups in total. The van der Waals surface area contributed by atoms with E-state index in [9.17, 15) is 18.5 Å². The molecule has 2 aromatic rings. The summed E-state index contributed by atoms with van der Waals surface area (Å²) >= 11 is 0.963. The lowest BCUT2D eigenvalue weighted by Gasteiger charge is -2.32. The Kier molecular flexibility index (Phi) is 4.74. The molecule has 0 amide bonds. The van der Waals surface area contributed by atoms with Crippen molar-refractivity contribution in [2.75, 3.05) is 4.90 Å². The topological polar surface area (TPSA) is 117 Å². The Bertz CT molecular complexity index is 1010. The van der Waals surface area contributed by atoms with Crippen molar-refractivity contribution < 1.29 is 13.3 Å². The lowest BCUT2D eigenvalue weighted by Crippen LogP contribution is -2.46. The van der Waals surface area contributed by atoms with Gasteiger partial charge >= 0.3 is 5.00 Å². The highest BCUT2D eigenvalue weighted by atomic mass is 32.2. The van der Waals surface area contributed by atoms with Gasteiger partial charge in [0.15, 0.2) is 0 Å². The second kappa shape index (κ2) is 6.84. The minimum absolute atomic E-state index is 0.00164. The van der Waals surface area contributed by atoms with Crippen LogP contribution < -0.4 is 10.3 Å². The first kappa shape index (κ1) is 18.0. The fraction of sp³-hybridized carbons (Fsp3) is 0.200. The predicted molar refractivity (Wildman–Crippen MR) is 100 cm³/mol. The molecule has 0 bridgehead atoms. The molecule has 0 saturated carbocycles. The molecule has 1 aliphatic rings. The maximum atomic E-state index is 12.4. The van der Waals surface area contributed by atoms with Gasteiger partial charge in [0.1, 0.15) is 4.90 Å². The molecule has 11 heteroatoms.